The van der Waals surface area contributed by atoms with Crippen molar-refractivity contribution in [2.75, 3.05) is 7.11 Å². The molecule has 0 bridgehead atoms. The van der Waals surface area contributed by atoms with Crippen molar-refractivity contribution in [3.8, 4) is 16.3 Å². The third kappa shape index (κ3) is 4.46. The Morgan fingerprint density at radius 1 is 1.06 bits per heavy atom. The number of ether oxygens (including phenoxy) is 1. The standard InChI is InChI=1S/C20H17N7O3S/c1-12-16(9-8-14(22-12)20(29)30-2)27-11-15(23-26-27)18(28)21-10-17-24-25-19(31-17)13-6-4-3-5-7-13/h3-9,11H,10H2,1-2H3,(H,21,28). The second kappa shape index (κ2) is 8.79. The van der Waals surface area contributed by atoms with E-state index < -0.39 is 5.97 Å². The molecule has 0 saturated heterocycles. The number of nitrogens with one attached hydrogen (secondary N) is 1. The van der Waals surface area contributed by atoms with Gasteiger partial charge in [0.2, 0.25) is 0 Å². The summed E-state index contributed by atoms with van der Waals surface area (Å²) in [5, 5.41) is 20.4. The molecule has 156 valence electrons. The van der Waals surface area contributed by atoms with Gasteiger partial charge in [0, 0.05) is 5.56 Å². The third-order valence-corrected chi connectivity index (χ3v) is 5.29. The molecule has 31 heavy (non-hydrogen) atoms. The predicted octanol–water partition coefficient (Wildman–Crippen LogP) is 2.21. The lowest BCUT2D eigenvalue weighted by Crippen LogP contribution is -2.23. The highest BCUT2D eigenvalue weighted by molar-refractivity contribution is 7.14. The van der Waals surface area contributed by atoms with E-state index in [0.29, 0.717) is 16.4 Å². The van der Waals surface area contributed by atoms with Crippen LogP contribution in [0.5, 0.6) is 0 Å². The first-order valence-corrected chi connectivity index (χ1v) is 10.0. The molecule has 0 unspecified atom stereocenters. The molecule has 0 fully saturated rings. The second-order valence-corrected chi connectivity index (χ2v) is 7.45. The molecule has 0 aliphatic heterocycles. The number of esters is 1. The summed E-state index contributed by atoms with van der Waals surface area (Å²) in [5.74, 6) is -0.917. The Labute approximate surface area is 180 Å². The van der Waals surface area contributed by atoms with Crippen LogP contribution >= 0.6 is 11.3 Å². The van der Waals surface area contributed by atoms with Crippen molar-refractivity contribution >= 4 is 23.2 Å². The van der Waals surface area contributed by atoms with Gasteiger partial charge in [-0.1, -0.05) is 46.9 Å². The summed E-state index contributed by atoms with van der Waals surface area (Å²) in [4.78, 5) is 28.3. The Morgan fingerprint density at radius 3 is 2.61 bits per heavy atom. The average molecular weight is 435 g/mol. The van der Waals surface area contributed by atoms with E-state index in [4.69, 9.17) is 0 Å². The molecule has 4 rings (SSSR count). The number of methoxy groups -OCH3 is 1. The minimum atomic E-state index is -0.527. The maximum atomic E-state index is 12.5. The normalized spacial score (nSPS) is 10.6. The number of rotatable bonds is 6. The summed E-state index contributed by atoms with van der Waals surface area (Å²) in [6.07, 6.45) is 1.49. The van der Waals surface area contributed by atoms with Gasteiger partial charge in [-0.25, -0.2) is 14.5 Å². The van der Waals surface area contributed by atoms with Gasteiger partial charge in [0.05, 0.1) is 31.2 Å². The van der Waals surface area contributed by atoms with E-state index >= 15 is 0 Å². The molecule has 0 saturated carbocycles. The van der Waals surface area contributed by atoms with Gasteiger partial charge in [0.15, 0.2) is 5.69 Å². The average Bonchev–Trinajstić information content (AvgIpc) is 3.47. The minimum absolute atomic E-state index is 0.143. The minimum Gasteiger partial charge on any atom is -0.464 e. The molecule has 1 amide bonds. The van der Waals surface area contributed by atoms with Crippen LogP contribution in [-0.2, 0) is 11.3 Å². The maximum absolute atomic E-state index is 12.5. The predicted molar refractivity (Wildman–Crippen MR) is 112 cm³/mol. The van der Waals surface area contributed by atoms with Gasteiger partial charge < -0.3 is 10.1 Å². The monoisotopic (exact) mass is 435 g/mol. The van der Waals surface area contributed by atoms with E-state index in [2.05, 4.69) is 35.5 Å². The number of aryl methyl sites for hydroxylation is 1. The first-order valence-electron chi connectivity index (χ1n) is 9.20. The number of pyridine rings is 1. The fourth-order valence-electron chi connectivity index (χ4n) is 2.77. The summed E-state index contributed by atoms with van der Waals surface area (Å²) in [7, 11) is 1.29. The van der Waals surface area contributed by atoms with Crippen LogP contribution < -0.4 is 5.32 Å². The highest BCUT2D eigenvalue weighted by atomic mass is 32.1. The Bertz CT molecular complexity index is 1240. The fourth-order valence-corrected chi connectivity index (χ4v) is 3.55. The molecule has 4 aromatic rings. The number of hydrogen-bond donors (Lipinski definition) is 1. The SMILES string of the molecule is COC(=O)c1ccc(-n2cc(C(=O)NCc3nnc(-c4ccccc4)s3)nn2)c(C)n1. The fraction of sp³-hybridized carbons (Fsp3) is 0.150. The molecule has 10 nitrogen and oxygen atoms in total. The molecule has 1 N–H and O–H groups in total. The number of nitrogens with zero attached hydrogens (tertiary/aromatic N) is 6. The number of carbonyl (C=O) groups excluding carboxylic acids is 2. The van der Waals surface area contributed by atoms with E-state index in [1.807, 2.05) is 30.3 Å². The lowest BCUT2D eigenvalue weighted by atomic mass is 10.2. The van der Waals surface area contributed by atoms with Gasteiger partial charge in [0.25, 0.3) is 5.91 Å². The van der Waals surface area contributed by atoms with Crippen molar-refractivity contribution in [2.45, 2.75) is 13.5 Å². The molecule has 11 heteroatoms. The summed E-state index contributed by atoms with van der Waals surface area (Å²) >= 11 is 1.41. The molecule has 1 aromatic carbocycles. The van der Waals surface area contributed by atoms with Crippen molar-refractivity contribution < 1.29 is 14.3 Å². The van der Waals surface area contributed by atoms with Gasteiger partial charge in [-0.05, 0) is 19.1 Å². The van der Waals surface area contributed by atoms with Crippen LogP contribution in [0, 0.1) is 6.92 Å². The molecule has 0 atom stereocenters. The Hall–Kier alpha value is -3.99. The first kappa shape index (κ1) is 20.3. The molecular formula is C20H17N7O3S. The second-order valence-electron chi connectivity index (χ2n) is 6.39. The quantitative estimate of drug-likeness (QED) is 0.457. The van der Waals surface area contributed by atoms with Gasteiger partial charge in [-0.15, -0.1) is 15.3 Å². The molecule has 3 heterocycles. The Kier molecular flexibility index (Phi) is 5.76. The Morgan fingerprint density at radius 2 is 1.87 bits per heavy atom. The van der Waals surface area contributed by atoms with Crippen LogP contribution in [0.2, 0.25) is 0 Å². The highest BCUT2D eigenvalue weighted by Gasteiger charge is 2.15. The van der Waals surface area contributed by atoms with Crippen molar-refractivity contribution in [1.82, 2.24) is 35.5 Å². The van der Waals surface area contributed by atoms with Crippen LogP contribution in [-0.4, -0.2) is 49.2 Å². The van der Waals surface area contributed by atoms with Gasteiger partial charge in [0.1, 0.15) is 15.7 Å². The van der Waals surface area contributed by atoms with E-state index in [1.165, 1.54) is 35.4 Å². The largest absolute Gasteiger partial charge is 0.464 e. The molecule has 0 aliphatic carbocycles. The van der Waals surface area contributed by atoms with Gasteiger partial charge in [-0.3, -0.25) is 4.79 Å². The van der Waals surface area contributed by atoms with Crippen LogP contribution in [0.1, 0.15) is 31.7 Å². The van der Waals surface area contributed by atoms with Crippen LogP contribution in [0.3, 0.4) is 0 Å². The van der Waals surface area contributed by atoms with E-state index in [9.17, 15) is 9.59 Å². The van der Waals surface area contributed by atoms with Crippen molar-refractivity contribution in [3.63, 3.8) is 0 Å². The lowest BCUT2D eigenvalue weighted by Gasteiger charge is -2.05. The zero-order valence-electron chi connectivity index (χ0n) is 16.6. The van der Waals surface area contributed by atoms with Crippen LogP contribution in [0.15, 0.2) is 48.7 Å². The first-order chi connectivity index (χ1) is 15.0. The molecule has 3 aromatic heterocycles. The van der Waals surface area contributed by atoms with Gasteiger partial charge in [-0.2, -0.15) is 0 Å². The summed E-state index contributed by atoms with van der Waals surface area (Å²) < 4.78 is 6.09. The van der Waals surface area contributed by atoms with Crippen molar-refractivity contribution in [3.05, 3.63) is 70.8 Å². The van der Waals surface area contributed by atoms with Crippen LogP contribution in [0.4, 0.5) is 0 Å². The topological polar surface area (TPSA) is 125 Å². The lowest BCUT2D eigenvalue weighted by molar-refractivity contribution is 0.0593. The zero-order valence-corrected chi connectivity index (χ0v) is 17.5. The van der Waals surface area contributed by atoms with E-state index in [1.54, 1.807) is 13.0 Å². The zero-order chi connectivity index (χ0) is 21.8. The number of benzene rings is 1. The molecule has 0 aliphatic rings. The number of aromatic nitrogens is 6. The van der Waals surface area contributed by atoms with Crippen molar-refractivity contribution in [2.24, 2.45) is 0 Å². The van der Waals surface area contributed by atoms with Gasteiger partial charge >= 0.3 is 5.97 Å². The number of carbonyl (C=O) groups is 2. The van der Waals surface area contributed by atoms with E-state index in [0.717, 1.165) is 10.6 Å². The number of hydrogen-bond acceptors (Lipinski definition) is 9. The van der Waals surface area contributed by atoms with Crippen LogP contribution in [0.25, 0.3) is 16.3 Å². The summed E-state index contributed by atoms with van der Waals surface area (Å²) in [6, 6.07) is 12.9. The third-order valence-electron chi connectivity index (χ3n) is 4.31. The van der Waals surface area contributed by atoms with Crippen molar-refractivity contribution in [1.29, 1.82) is 0 Å². The van der Waals surface area contributed by atoms with E-state index in [-0.39, 0.29) is 23.8 Å². The summed E-state index contributed by atoms with van der Waals surface area (Å²) in [5.41, 5.74) is 2.44. The number of amides is 1. The molecule has 0 spiro atoms. The highest BCUT2D eigenvalue weighted by Crippen LogP contribution is 2.22. The molecule has 0 radical (unpaired) electrons. The maximum Gasteiger partial charge on any atom is 0.356 e. The smallest absolute Gasteiger partial charge is 0.356 e. The Balaban J connectivity index is 1.42. The summed E-state index contributed by atoms with van der Waals surface area (Å²) in [6.45, 7) is 1.95. The molecular weight excluding hydrogens is 418 g/mol.